The Morgan fingerprint density at radius 3 is 2.66 bits per heavy atom. The number of carbonyl (C=O) groups excluding carboxylic acids is 1. The first-order chi connectivity index (χ1) is 18.4. The fourth-order valence-electron chi connectivity index (χ4n) is 4.26. The third kappa shape index (κ3) is 4.76. The van der Waals surface area contributed by atoms with Crippen LogP contribution in [0.3, 0.4) is 0 Å². The maximum Gasteiger partial charge on any atom is 0.338 e. The summed E-state index contributed by atoms with van der Waals surface area (Å²) in [5.41, 5.74) is 1.94. The SMILES string of the molecule is C=CCOC(=O)C1=C(C)N=c2s/c(=C\c3ccc(-c4ccccc4Cl)o3)c(=O)n2C1c1ccc(OC)cc1. The van der Waals surface area contributed by atoms with Gasteiger partial charge in [0.05, 0.1) is 34.0 Å². The van der Waals surface area contributed by atoms with Gasteiger partial charge in [0, 0.05) is 11.6 Å². The van der Waals surface area contributed by atoms with Crippen LogP contribution in [0.5, 0.6) is 5.75 Å². The molecule has 4 aromatic rings. The van der Waals surface area contributed by atoms with E-state index in [0.29, 0.717) is 37.3 Å². The molecule has 1 atom stereocenters. The van der Waals surface area contributed by atoms with Gasteiger partial charge in [0.15, 0.2) is 4.80 Å². The summed E-state index contributed by atoms with van der Waals surface area (Å²) in [6.07, 6.45) is 3.16. The molecule has 5 rings (SSSR count). The summed E-state index contributed by atoms with van der Waals surface area (Å²) in [6.45, 7) is 5.39. The summed E-state index contributed by atoms with van der Waals surface area (Å²) in [6, 6.07) is 17.4. The van der Waals surface area contributed by atoms with Gasteiger partial charge in [-0.2, -0.15) is 0 Å². The number of hydrogen-bond acceptors (Lipinski definition) is 7. The molecular formula is C29H23ClN2O5S. The van der Waals surface area contributed by atoms with E-state index in [0.717, 1.165) is 11.1 Å². The minimum atomic E-state index is -0.730. The minimum absolute atomic E-state index is 0.0433. The van der Waals surface area contributed by atoms with Crippen LogP contribution in [0.4, 0.5) is 0 Å². The maximum absolute atomic E-state index is 13.7. The Kier molecular flexibility index (Phi) is 7.18. The zero-order valence-electron chi connectivity index (χ0n) is 20.6. The van der Waals surface area contributed by atoms with Crippen LogP contribution in [0.25, 0.3) is 17.4 Å². The monoisotopic (exact) mass is 546 g/mol. The minimum Gasteiger partial charge on any atom is -0.497 e. The molecule has 3 heterocycles. The quantitative estimate of drug-likeness (QED) is 0.243. The van der Waals surface area contributed by atoms with Crippen molar-refractivity contribution < 1.29 is 18.7 Å². The lowest BCUT2D eigenvalue weighted by Gasteiger charge is -2.24. The highest BCUT2D eigenvalue weighted by atomic mass is 35.5. The number of fused-ring (bicyclic) bond motifs is 1. The lowest BCUT2D eigenvalue weighted by atomic mass is 9.96. The van der Waals surface area contributed by atoms with Crippen molar-refractivity contribution in [2.24, 2.45) is 4.99 Å². The van der Waals surface area contributed by atoms with E-state index < -0.39 is 12.0 Å². The molecule has 0 aliphatic carbocycles. The molecule has 0 spiro atoms. The zero-order valence-corrected chi connectivity index (χ0v) is 22.2. The molecule has 0 amide bonds. The Labute approximate surface area is 227 Å². The number of rotatable bonds is 7. The van der Waals surface area contributed by atoms with Crippen LogP contribution >= 0.6 is 22.9 Å². The van der Waals surface area contributed by atoms with Crippen LogP contribution in [0.15, 0.2) is 98.8 Å². The predicted octanol–water partition coefficient (Wildman–Crippen LogP) is 4.89. The number of allylic oxidation sites excluding steroid dienone is 1. The number of nitrogens with zero attached hydrogens (tertiary/aromatic N) is 2. The molecule has 0 saturated carbocycles. The molecular weight excluding hydrogens is 524 g/mol. The van der Waals surface area contributed by atoms with Crippen LogP contribution in [0.2, 0.25) is 5.02 Å². The Balaban J connectivity index is 1.63. The van der Waals surface area contributed by atoms with Crippen molar-refractivity contribution in [1.29, 1.82) is 0 Å². The van der Waals surface area contributed by atoms with Gasteiger partial charge in [-0.3, -0.25) is 9.36 Å². The van der Waals surface area contributed by atoms with Crippen molar-refractivity contribution in [3.05, 3.63) is 121 Å². The molecule has 2 aromatic carbocycles. The molecule has 1 aliphatic rings. The maximum atomic E-state index is 13.7. The topological polar surface area (TPSA) is 83.0 Å². The smallest absolute Gasteiger partial charge is 0.338 e. The summed E-state index contributed by atoms with van der Waals surface area (Å²) in [7, 11) is 1.58. The highest BCUT2D eigenvalue weighted by molar-refractivity contribution is 7.07. The van der Waals surface area contributed by atoms with Gasteiger partial charge in [0.2, 0.25) is 0 Å². The standard InChI is InChI=1S/C29H23ClN2O5S/c1-4-15-36-28(34)25-17(2)31-29-32(26(25)18-9-11-19(35-3)12-10-18)27(33)24(38-29)16-20-13-14-23(37-20)21-7-5-6-8-22(21)30/h4-14,16,26H,1,15H2,2-3H3/b24-16-. The van der Waals surface area contributed by atoms with E-state index in [1.165, 1.54) is 22.0 Å². The third-order valence-electron chi connectivity index (χ3n) is 6.04. The average Bonchev–Trinajstić information content (AvgIpc) is 3.51. The summed E-state index contributed by atoms with van der Waals surface area (Å²) < 4.78 is 18.6. The van der Waals surface area contributed by atoms with Gasteiger partial charge < -0.3 is 13.9 Å². The number of thiazole rings is 1. The number of benzene rings is 2. The fraction of sp³-hybridized carbons (Fsp3) is 0.138. The number of hydrogen-bond donors (Lipinski definition) is 0. The van der Waals surface area contributed by atoms with Gasteiger partial charge in [-0.15, -0.1) is 0 Å². The Bertz CT molecular complexity index is 1740. The number of furan rings is 1. The van der Waals surface area contributed by atoms with Gasteiger partial charge in [0.1, 0.15) is 23.9 Å². The van der Waals surface area contributed by atoms with Crippen molar-refractivity contribution in [2.75, 3.05) is 13.7 Å². The molecule has 1 aliphatic heterocycles. The first-order valence-electron chi connectivity index (χ1n) is 11.7. The van der Waals surface area contributed by atoms with Gasteiger partial charge in [0.25, 0.3) is 5.56 Å². The number of aromatic nitrogens is 1. The van der Waals surface area contributed by atoms with E-state index >= 15 is 0 Å². The summed E-state index contributed by atoms with van der Waals surface area (Å²) in [5.74, 6) is 1.18. The molecule has 0 saturated heterocycles. The number of ether oxygens (including phenoxy) is 2. The molecule has 9 heteroatoms. The molecule has 0 fully saturated rings. The van der Waals surface area contributed by atoms with Crippen LogP contribution in [-0.2, 0) is 9.53 Å². The van der Waals surface area contributed by atoms with Crippen molar-refractivity contribution in [1.82, 2.24) is 4.57 Å². The zero-order chi connectivity index (χ0) is 26.8. The Morgan fingerprint density at radius 2 is 1.95 bits per heavy atom. The van der Waals surface area contributed by atoms with E-state index in [9.17, 15) is 9.59 Å². The van der Waals surface area contributed by atoms with Gasteiger partial charge in [-0.25, -0.2) is 9.79 Å². The fourth-order valence-corrected chi connectivity index (χ4v) is 5.52. The van der Waals surface area contributed by atoms with E-state index in [4.69, 9.17) is 25.5 Å². The highest BCUT2D eigenvalue weighted by Crippen LogP contribution is 2.32. The first-order valence-corrected chi connectivity index (χ1v) is 12.9. The molecule has 38 heavy (non-hydrogen) atoms. The molecule has 7 nitrogen and oxygen atoms in total. The predicted molar refractivity (Wildman–Crippen MR) is 147 cm³/mol. The molecule has 1 unspecified atom stereocenters. The summed E-state index contributed by atoms with van der Waals surface area (Å²) >= 11 is 7.53. The Hall–Kier alpha value is -4.14. The number of esters is 1. The summed E-state index contributed by atoms with van der Waals surface area (Å²) in [4.78, 5) is 31.9. The van der Waals surface area contributed by atoms with Gasteiger partial charge in [-0.1, -0.05) is 59.9 Å². The second-order valence-corrected chi connectivity index (χ2v) is 9.84. The number of methoxy groups -OCH3 is 1. The van der Waals surface area contributed by atoms with Gasteiger partial charge >= 0.3 is 5.97 Å². The van der Waals surface area contributed by atoms with E-state index in [1.807, 2.05) is 36.4 Å². The lowest BCUT2D eigenvalue weighted by Crippen LogP contribution is -2.39. The second-order valence-electron chi connectivity index (χ2n) is 8.42. The van der Waals surface area contributed by atoms with Crippen molar-refractivity contribution in [3.8, 4) is 17.1 Å². The van der Waals surface area contributed by atoms with E-state index in [-0.39, 0.29) is 17.7 Å². The normalized spacial score (nSPS) is 15.1. The highest BCUT2D eigenvalue weighted by Gasteiger charge is 2.33. The lowest BCUT2D eigenvalue weighted by molar-refractivity contribution is -0.138. The van der Waals surface area contributed by atoms with Crippen LogP contribution in [-0.4, -0.2) is 24.3 Å². The molecule has 192 valence electrons. The Morgan fingerprint density at radius 1 is 1.18 bits per heavy atom. The van der Waals surface area contributed by atoms with Crippen molar-refractivity contribution >= 4 is 35.0 Å². The van der Waals surface area contributed by atoms with Crippen LogP contribution in [0.1, 0.15) is 24.3 Å². The first kappa shape index (κ1) is 25.5. The molecule has 0 bridgehead atoms. The number of carbonyl (C=O) groups is 1. The molecule has 0 N–H and O–H groups in total. The second kappa shape index (κ2) is 10.7. The molecule has 0 radical (unpaired) electrons. The van der Waals surface area contributed by atoms with Gasteiger partial charge in [-0.05, 0) is 48.9 Å². The molecule has 2 aromatic heterocycles. The van der Waals surface area contributed by atoms with Crippen LogP contribution < -0.4 is 19.6 Å². The van der Waals surface area contributed by atoms with Crippen molar-refractivity contribution in [3.63, 3.8) is 0 Å². The summed E-state index contributed by atoms with van der Waals surface area (Å²) in [5, 5.41) is 0.568. The van der Waals surface area contributed by atoms with Crippen molar-refractivity contribution in [2.45, 2.75) is 13.0 Å². The van der Waals surface area contributed by atoms with E-state index in [2.05, 4.69) is 11.6 Å². The van der Waals surface area contributed by atoms with E-state index in [1.54, 1.807) is 44.4 Å². The third-order valence-corrected chi connectivity index (χ3v) is 7.36. The largest absolute Gasteiger partial charge is 0.497 e. The van der Waals surface area contributed by atoms with Crippen LogP contribution in [0, 0.1) is 0 Å². The average molecular weight is 547 g/mol. The number of halogens is 1.